The quantitative estimate of drug-likeness (QED) is 0.210. The second-order valence-corrected chi connectivity index (χ2v) is 7.05. The Morgan fingerprint density at radius 2 is 2.04 bits per heavy atom. The first-order valence-corrected chi connectivity index (χ1v) is 10.1. The summed E-state index contributed by atoms with van der Waals surface area (Å²) in [6.07, 6.45) is 2.28. The number of nitrogens with zero attached hydrogens (tertiary/aromatic N) is 2. The van der Waals surface area contributed by atoms with Crippen molar-refractivity contribution in [1.29, 1.82) is 0 Å². The Labute approximate surface area is 187 Å². The van der Waals surface area contributed by atoms with Gasteiger partial charge < -0.3 is 25.0 Å². The zero-order valence-electron chi connectivity index (χ0n) is 17.5. The largest absolute Gasteiger partial charge is 0.385 e. The van der Waals surface area contributed by atoms with Crippen LogP contribution in [0.15, 0.2) is 35.3 Å². The minimum Gasteiger partial charge on any atom is -0.385 e. The molecule has 1 aliphatic heterocycles. The van der Waals surface area contributed by atoms with Crippen molar-refractivity contribution in [3.63, 3.8) is 0 Å². The highest BCUT2D eigenvalue weighted by molar-refractivity contribution is 14.0. The first-order chi connectivity index (χ1) is 13.2. The minimum absolute atomic E-state index is 0. The van der Waals surface area contributed by atoms with E-state index in [0.717, 1.165) is 64.7 Å². The molecular weight excluding hydrogens is 467 g/mol. The van der Waals surface area contributed by atoms with Crippen molar-refractivity contribution >= 4 is 29.9 Å². The maximum absolute atomic E-state index is 5.98. The molecule has 7 heteroatoms. The molecule has 1 aliphatic rings. The summed E-state index contributed by atoms with van der Waals surface area (Å²) in [6, 6.07) is 10.5. The van der Waals surface area contributed by atoms with Crippen LogP contribution in [0.4, 0.5) is 0 Å². The minimum atomic E-state index is 0. The van der Waals surface area contributed by atoms with E-state index >= 15 is 0 Å². The SMILES string of the molecule is CCNC(=NCC1CCOC1c1ccccc1)NCCN(C)CCCOC.I. The molecule has 1 fully saturated rings. The first-order valence-electron chi connectivity index (χ1n) is 10.1. The summed E-state index contributed by atoms with van der Waals surface area (Å²) in [7, 11) is 3.89. The average molecular weight is 504 g/mol. The molecule has 0 amide bonds. The molecule has 0 spiro atoms. The summed E-state index contributed by atoms with van der Waals surface area (Å²) < 4.78 is 11.1. The van der Waals surface area contributed by atoms with Crippen LogP contribution < -0.4 is 10.6 Å². The van der Waals surface area contributed by atoms with E-state index in [9.17, 15) is 0 Å². The molecule has 1 saturated heterocycles. The molecule has 1 aromatic carbocycles. The number of hydrogen-bond donors (Lipinski definition) is 2. The van der Waals surface area contributed by atoms with E-state index in [4.69, 9.17) is 14.5 Å². The molecule has 28 heavy (non-hydrogen) atoms. The third-order valence-corrected chi connectivity index (χ3v) is 4.84. The van der Waals surface area contributed by atoms with Crippen LogP contribution in [0.25, 0.3) is 0 Å². The summed E-state index contributed by atoms with van der Waals surface area (Å²) in [5.74, 6) is 1.32. The fraction of sp³-hybridized carbons (Fsp3) is 0.667. The van der Waals surface area contributed by atoms with E-state index in [0.29, 0.717) is 5.92 Å². The van der Waals surface area contributed by atoms with Crippen LogP contribution in [-0.2, 0) is 9.47 Å². The number of nitrogens with one attached hydrogen (secondary N) is 2. The number of rotatable bonds is 11. The van der Waals surface area contributed by atoms with Crippen LogP contribution in [0.5, 0.6) is 0 Å². The second kappa shape index (κ2) is 15.0. The van der Waals surface area contributed by atoms with Gasteiger partial charge in [-0.15, -0.1) is 24.0 Å². The molecule has 2 unspecified atom stereocenters. The topological polar surface area (TPSA) is 58.1 Å². The number of benzene rings is 1. The van der Waals surface area contributed by atoms with Gasteiger partial charge in [0.25, 0.3) is 0 Å². The van der Waals surface area contributed by atoms with Crippen molar-refractivity contribution in [3.05, 3.63) is 35.9 Å². The average Bonchev–Trinajstić information content (AvgIpc) is 3.15. The van der Waals surface area contributed by atoms with E-state index < -0.39 is 0 Å². The monoisotopic (exact) mass is 504 g/mol. The van der Waals surface area contributed by atoms with Crippen molar-refractivity contribution in [2.45, 2.75) is 25.9 Å². The molecule has 0 saturated carbocycles. The highest BCUT2D eigenvalue weighted by Gasteiger charge is 2.29. The number of halogens is 1. The van der Waals surface area contributed by atoms with Gasteiger partial charge in [-0.2, -0.15) is 0 Å². The van der Waals surface area contributed by atoms with Crippen molar-refractivity contribution in [1.82, 2.24) is 15.5 Å². The van der Waals surface area contributed by atoms with Crippen molar-refractivity contribution in [3.8, 4) is 0 Å². The fourth-order valence-corrected chi connectivity index (χ4v) is 3.34. The number of methoxy groups -OCH3 is 1. The van der Waals surface area contributed by atoms with Gasteiger partial charge in [-0.3, -0.25) is 4.99 Å². The van der Waals surface area contributed by atoms with E-state index in [-0.39, 0.29) is 30.1 Å². The van der Waals surface area contributed by atoms with Crippen LogP contribution in [0.1, 0.15) is 31.4 Å². The van der Waals surface area contributed by atoms with Crippen LogP contribution >= 0.6 is 24.0 Å². The molecule has 0 aromatic heterocycles. The third kappa shape index (κ3) is 9.07. The molecule has 6 nitrogen and oxygen atoms in total. The normalized spacial score (nSPS) is 19.5. The molecule has 2 atom stereocenters. The summed E-state index contributed by atoms with van der Waals surface area (Å²) in [4.78, 5) is 7.13. The zero-order chi connectivity index (χ0) is 19.3. The van der Waals surface area contributed by atoms with Crippen LogP contribution in [0, 0.1) is 5.92 Å². The maximum Gasteiger partial charge on any atom is 0.191 e. The lowest BCUT2D eigenvalue weighted by molar-refractivity contribution is 0.0925. The van der Waals surface area contributed by atoms with Crippen molar-refractivity contribution in [2.75, 3.05) is 60.1 Å². The van der Waals surface area contributed by atoms with Gasteiger partial charge in [0.15, 0.2) is 5.96 Å². The van der Waals surface area contributed by atoms with Gasteiger partial charge in [0.2, 0.25) is 0 Å². The number of likely N-dealkylation sites (N-methyl/N-ethyl adjacent to an activating group) is 1. The lowest BCUT2D eigenvalue weighted by Gasteiger charge is -2.20. The van der Waals surface area contributed by atoms with Crippen molar-refractivity contribution < 1.29 is 9.47 Å². The standard InChI is InChI=1S/C21H36N4O2.HI/c1-4-22-21(23-12-14-25(2)13-8-15-26-3)24-17-19-11-16-27-20(19)18-9-6-5-7-10-18;/h5-7,9-10,19-20H,4,8,11-17H2,1-3H3,(H2,22,23,24);1H. The van der Waals surface area contributed by atoms with Gasteiger partial charge in [-0.1, -0.05) is 30.3 Å². The Balaban J connectivity index is 0.00000392. The summed E-state index contributed by atoms with van der Waals surface area (Å²) in [6.45, 7) is 8.26. The highest BCUT2D eigenvalue weighted by Crippen LogP contribution is 2.34. The summed E-state index contributed by atoms with van der Waals surface area (Å²) in [5, 5.41) is 6.79. The van der Waals surface area contributed by atoms with E-state index in [1.807, 2.05) is 6.07 Å². The highest BCUT2D eigenvalue weighted by atomic mass is 127. The summed E-state index contributed by atoms with van der Waals surface area (Å²) >= 11 is 0. The summed E-state index contributed by atoms with van der Waals surface area (Å²) in [5.41, 5.74) is 1.26. The molecule has 0 aliphatic carbocycles. The van der Waals surface area contributed by atoms with E-state index in [2.05, 4.69) is 53.8 Å². The lowest BCUT2D eigenvalue weighted by Crippen LogP contribution is -2.41. The van der Waals surface area contributed by atoms with Gasteiger partial charge in [0.1, 0.15) is 0 Å². The predicted molar refractivity (Wildman–Crippen MR) is 127 cm³/mol. The maximum atomic E-state index is 5.98. The number of aliphatic imine (C=N–C) groups is 1. The number of guanidine groups is 1. The second-order valence-electron chi connectivity index (χ2n) is 7.05. The number of ether oxygens (including phenoxy) is 2. The van der Waals surface area contributed by atoms with Gasteiger partial charge in [-0.05, 0) is 32.4 Å². The fourth-order valence-electron chi connectivity index (χ4n) is 3.34. The molecular formula is C21H37IN4O2. The van der Waals surface area contributed by atoms with Crippen LogP contribution in [0.3, 0.4) is 0 Å². The Hall–Kier alpha value is -0.900. The van der Waals surface area contributed by atoms with E-state index in [1.54, 1.807) is 7.11 Å². The smallest absolute Gasteiger partial charge is 0.191 e. The Kier molecular flexibility index (Phi) is 13.5. The van der Waals surface area contributed by atoms with Gasteiger partial charge in [0.05, 0.1) is 6.10 Å². The molecule has 0 bridgehead atoms. The molecule has 0 radical (unpaired) electrons. The van der Waals surface area contributed by atoms with E-state index in [1.165, 1.54) is 5.56 Å². The Bertz CT molecular complexity index is 544. The molecule has 2 N–H and O–H groups in total. The zero-order valence-corrected chi connectivity index (χ0v) is 19.9. The molecule has 160 valence electrons. The van der Waals surface area contributed by atoms with Gasteiger partial charge >= 0.3 is 0 Å². The van der Waals surface area contributed by atoms with Gasteiger partial charge in [0, 0.05) is 59.0 Å². The molecule has 1 aromatic rings. The molecule has 2 rings (SSSR count). The van der Waals surface area contributed by atoms with Crippen LogP contribution in [-0.4, -0.2) is 71.0 Å². The Morgan fingerprint density at radius 1 is 1.25 bits per heavy atom. The first kappa shape index (κ1) is 25.1. The van der Waals surface area contributed by atoms with Crippen LogP contribution in [0.2, 0.25) is 0 Å². The third-order valence-electron chi connectivity index (χ3n) is 4.84. The molecule has 1 heterocycles. The van der Waals surface area contributed by atoms with Crippen molar-refractivity contribution in [2.24, 2.45) is 10.9 Å². The predicted octanol–water partition coefficient (Wildman–Crippen LogP) is 2.91. The Morgan fingerprint density at radius 3 is 2.75 bits per heavy atom. The number of hydrogen-bond acceptors (Lipinski definition) is 4. The van der Waals surface area contributed by atoms with Gasteiger partial charge in [-0.25, -0.2) is 0 Å². The lowest BCUT2D eigenvalue weighted by atomic mass is 9.95.